The Hall–Kier alpha value is -3.56. The van der Waals surface area contributed by atoms with Crippen LogP contribution >= 0.6 is 0 Å². The fourth-order valence-corrected chi connectivity index (χ4v) is 4.71. The summed E-state index contributed by atoms with van der Waals surface area (Å²) in [4.78, 5) is 13.2. The lowest BCUT2D eigenvalue weighted by molar-refractivity contribution is -0.181. The molecule has 33 heavy (non-hydrogen) atoms. The van der Waals surface area contributed by atoms with Crippen molar-refractivity contribution in [2.75, 3.05) is 18.9 Å². The minimum Gasteiger partial charge on any atom is -0.439 e. The maximum atomic E-state index is 6.27. The van der Waals surface area contributed by atoms with Gasteiger partial charge in [-0.1, -0.05) is 18.2 Å². The van der Waals surface area contributed by atoms with E-state index in [9.17, 15) is 0 Å². The number of aromatic nitrogens is 5. The fourth-order valence-electron chi connectivity index (χ4n) is 4.71. The third kappa shape index (κ3) is 3.69. The predicted molar refractivity (Wildman–Crippen MR) is 122 cm³/mol. The first-order chi connectivity index (χ1) is 16.2. The van der Waals surface area contributed by atoms with Crippen molar-refractivity contribution >= 4 is 16.9 Å². The standard InChI is InChI=1S/C24H24N6O3/c25-22-20-21(16-6-7-19(26-14-16)33-18-4-2-1-3-5-18)29-30(23(20)28-15-27-22)17-8-10-24(11-9-17)31-12-13-32-24/h1-7,14-15,17H,8-13H2,(H2,25,27,28). The van der Waals surface area contributed by atoms with Crippen molar-refractivity contribution in [2.24, 2.45) is 0 Å². The Bertz CT molecular complexity index is 1260. The molecule has 4 heterocycles. The highest BCUT2D eigenvalue weighted by molar-refractivity contribution is 5.98. The molecule has 9 heteroatoms. The van der Waals surface area contributed by atoms with Crippen LogP contribution in [0.25, 0.3) is 22.3 Å². The lowest BCUT2D eigenvalue weighted by Crippen LogP contribution is -2.36. The van der Waals surface area contributed by atoms with Crippen LogP contribution in [0.2, 0.25) is 0 Å². The number of nitrogens with zero attached hydrogens (tertiary/aromatic N) is 5. The van der Waals surface area contributed by atoms with Crippen molar-refractivity contribution in [3.05, 3.63) is 55.0 Å². The second-order valence-electron chi connectivity index (χ2n) is 8.39. The van der Waals surface area contributed by atoms with Crippen molar-refractivity contribution in [1.29, 1.82) is 0 Å². The monoisotopic (exact) mass is 444 g/mol. The molecule has 1 aliphatic heterocycles. The van der Waals surface area contributed by atoms with Crippen LogP contribution in [-0.2, 0) is 9.47 Å². The summed E-state index contributed by atoms with van der Waals surface area (Å²) < 4.78 is 19.6. The number of nitrogen functional groups attached to an aromatic ring is 1. The number of fused-ring (bicyclic) bond motifs is 1. The number of pyridine rings is 1. The fraction of sp³-hybridized carbons (Fsp3) is 0.333. The quantitative estimate of drug-likeness (QED) is 0.500. The van der Waals surface area contributed by atoms with Gasteiger partial charge in [0.25, 0.3) is 0 Å². The maximum Gasteiger partial charge on any atom is 0.219 e. The van der Waals surface area contributed by atoms with Gasteiger partial charge in [0.15, 0.2) is 11.4 Å². The van der Waals surface area contributed by atoms with E-state index in [-0.39, 0.29) is 6.04 Å². The zero-order valence-corrected chi connectivity index (χ0v) is 18.1. The lowest BCUT2D eigenvalue weighted by Gasteiger charge is -2.35. The summed E-state index contributed by atoms with van der Waals surface area (Å²) in [5.74, 6) is 1.22. The van der Waals surface area contributed by atoms with Gasteiger partial charge in [-0.15, -0.1) is 0 Å². The number of hydrogen-bond donors (Lipinski definition) is 1. The lowest BCUT2D eigenvalue weighted by atomic mass is 9.90. The molecule has 3 aromatic heterocycles. The van der Waals surface area contributed by atoms with E-state index in [1.165, 1.54) is 6.33 Å². The molecule has 1 saturated carbocycles. The van der Waals surface area contributed by atoms with Crippen molar-refractivity contribution < 1.29 is 14.2 Å². The van der Waals surface area contributed by atoms with Crippen molar-refractivity contribution in [3.63, 3.8) is 0 Å². The van der Waals surface area contributed by atoms with E-state index in [4.69, 9.17) is 25.0 Å². The summed E-state index contributed by atoms with van der Waals surface area (Å²) in [5.41, 5.74) is 8.55. The van der Waals surface area contributed by atoms with Gasteiger partial charge in [-0.05, 0) is 31.0 Å². The number of benzene rings is 1. The van der Waals surface area contributed by atoms with Crippen molar-refractivity contribution in [3.8, 4) is 22.9 Å². The molecule has 0 radical (unpaired) electrons. The maximum absolute atomic E-state index is 6.27. The van der Waals surface area contributed by atoms with E-state index < -0.39 is 5.79 Å². The Balaban J connectivity index is 1.32. The molecule has 0 bridgehead atoms. The first kappa shape index (κ1) is 20.1. The highest BCUT2D eigenvalue weighted by Gasteiger charge is 2.41. The van der Waals surface area contributed by atoms with Gasteiger partial charge in [-0.25, -0.2) is 19.6 Å². The van der Waals surface area contributed by atoms with Gasteiger partial charge < -0.3 is 19.9 Å². The Kier molecular flexibility index (Phi) is 4.92. The summed E-state index contributed by atoms with van der Waals surface area (Å²) in [7, 11) is 0. The molecule has 4 aromatic rings. The first-order valence-electron chi connectivity index (χ1n) is 11.2. The highest BCUT2D eigenvalue weighted by atomic mass is 16.7. The number of nitrogens with two attached hydrogens (primary N) is 1. The van der Waals surface area contributed by atoms with E-state index in [0.29, 0.717) is 24.9 Å². The minimum absolute atomic E-state index is 0.183. The summed E-state index contributed by atoms with van der Waals surface area (Å²) >= 11 is 0. The van der Waals surface area contributed by atoms with Crippen molar-refractivity contribution in [1.82, 2.24) is 24.7 Å². The number of hydrogen-bond acceptors (Lipinski definition) is 8. The summed E-state index contributed by atoms with van der Waals surface area (Å²) in [6.07, 6.45) is 6.68. The molecule has 0 unspecified atom stereocenters. The number of ether oxygens (including phenoxy) is 3. The molecule has 1 spiro atoms. The molecule has 168 valence electrons. The summed E-state index contributed by atoms with van der Waals surface area (Å²) in [5, 5.41) is 5.68. The summed E-state index contributed by atoms with van der Waals surface area (Å²) in [6.45, 7) is 1.33. The van der Waals surface area contributed by atoms with Gasteiger partial charge in [0.2, 0.25) is 5.88 Å². The van der Waals surface area contributed by atoms with Crippen LogP contribution in [0.15, 0.2) is 55.0 Å². The summed E-state index contributed by atoms with van der Waals surface area (Å²) in [6, 6.07) is 13.5. The topological polar surface area (TPSA) is 110 Å². The zero-order chi connectivity index (χ0) is 22.3. The number of anilines is 1. The van der Waals surface area contributed by atoms with Gasteiger partial charge in [-0.2, -0.15) is 5.10 Å². The molecule has 2 aliphatic rings. The van der Waals surface area contributed by atoms with Gasteiger partial charge >= 0.3 is 0 Å². The molecule has 2 N–H and O–H groups in total. The van der Waals surface area contributed by atoms with E-state index in [2.05, 4.69) is 15.0 Å². The van der Waals surface area contributed by atoms with Crippen LogP contribution in [0.5, 0.6) is 11.6 Å². The predicted octanol–water partition coefficient (Wildman–Crippen LogP) is 4.12. The minimum atomic E-state index is -0.422. The van der Waals surface area contributed by atoms with E-state index in [1.54, 1.807) is 6.20 Å². The molecule has 9 nitrogen and oxygen atoms in total. The highest BCUT2D eigenvalue weighted by Crippen LogP contribution is 2.42. The molecule has 0 atom stereocenters. The van der Waals surface area contributed by atoms with E-state index in [1.807, 2.05) is 47.1 Å². The zero-order valence-electron chi connectivity index (χ0n) is 18.1. The van der Waals surface area contributed by atoms with Crippen LogP contribution in [0.3, 0.4) is 0 Å². The average molecular weight is 444 g/mol. The average Bonchev–Trinajstić information content (AvgIpc) is 3.47. The van der Waals surface area contributed by atoms with E-state index in [0.717, 1.165) is 53.7 Å². The van der Waals surface area contributed by atoms with Gasteiger partial charge in [0.05, 0.1) is 24.6 Å². The second-order valence-corrected chi connectivity index (χ2v) is 8.39. The van der Waals surface area contributed by atoms with Crippen LogP contribution in [0.1, 0.15) is 31.7 Å². The SMILES string of the molecule is Nc1ncnc2c1c(-c1ccc(Oc3ccccc3)nc1)nn2C1CCC2(CC1)OCCO2. The molecule has 0 amide bonds. The Morgan fingerprint density at radius 3 is 2.48 bits per heavy atom. The number of rotatable bonds is 4. The first-order valence-corrected chi connectivity index (χ1v) is 11.2. The molecule has 2 fully saturated rings. The molecule has 1 aromatic carbocycles. The normalized spacial score (nSPS) is 18.2. The van der Waals surface area contributed by atoms with E-state index >= 15 is 0 Å². The Morgan fingerprint density at radius 1 is 0.970 bits per heavy atom. The largest absolute Gasteiger partial charge is 0.439 e. The second kappa shape index (κ2) is 8.09. The third-order valence-corrected chi connectivity index (χ3v) is 6.37. The molecule has 6 rings (SSSR count). The smallest absolute Gasteiger partial charge is 0.219 e. The molecular weight excluding hydrogens is 420 g/mol. The molecular formula is C24H24N6O3. The third-order valence-electron chi connectivity index (χ3n) is 6.37. The molecule has 1 saturated heterocycles. The number of para-hydroxylation sites is 1. The van der Waals surface area contributed by atoms with Gasteiger partial charge in [0.1, 0.15) is 23.6 Å². The van der Waals surface area contributed by atoms with Gasteiger partial charge in [0, 0.05) is 30.7 Å². The Morgan fingerprint density at radius 2 is 1.76 bits per heavy atom. The Labute approximate surface area is 190 Å². The van der Waals surface area contributed by atoms with Crippen LogP contribution in [0, 0.1) is 0 Å². The van der Waals surface area contributed by atoms with Crippen LogP contribution in [-0.4, -0.2) is 43.7 Å². The molecule has 1 aliphatic carbocycles. The van der Waals surface area contributed by atoms with Gasteiger partial charge in [-0.3, -0.25) is 0 Å². The van der Waals surface area contributed by atoms with Crippen LogP contribution in [0.4, 0.5) is 5.82 Å². The van der Waals surface area contributed by atoms with Crippen LogP contribution < -0.4 is 10.5 Å². The van der Waals surface area contributed by atoms with Crippen molar-refractivity contribution in [2.45, 2.75) is 37.5 Å².